The summed E-state index contributed by atoms with van der Waals surface area (Å²) < 4.78 is 2.02. The van der Waals surface area contributed by atoms with Crippen LogP contribution in [-0.2, 0) is 13.0 Å². The SMILES string of the molecule is CCC1SCCSC1C(Cc1ncnn1CC(C)C)NN. The Morgan fingerprint density at radius 3 is 2.86 bits per heavy atom. The maximum atomic E-state index is 5.86. The van der Waals surface area contributed by atoms with Crippen molar-refractivity contribution in [3.8, 4) is 0 Å². The van der Waals surface area contributed by atoms with Crippen molar-refractivity contribution in [2.75, 3.05) is 11.5 Å². The summed E-state index contributed by atoms with van der Waals surface area (Å²) >= 11 is 4.13. The Morgan fingerprint density at radius 2 is 2.19 bits per heavy atom. The van der Waals surface area contributed by atoms with E-state index in [2.05, 4.69) is 48.0 Å². The van der Waals surface area contributed by atoms with E-state index in [9.17, 15) is 0 Å². The highest BCUT2D eigenvalue weighted by atomic mass is 32.2. The smallest absolute Gasteiger partial charge is 0.138 e. The lowest BCUT2D eigenvalue weighted by atomic mass is 10.1. The number of aromatic nitrogens is 3. The molecule has 7 heteroatoms. The van der Waals surface area contributed by atoms with Gasteiger partial charge in [0.25, 0.3) is 0 Å². The molecule has 2 heterocycles. The van der Waals surface area contributed by atoms with Crippen molar-refractivity contribution >= 4 is 23.5 Å². The van der Waals surface area contributed by atoms with Crippen LogP contribution >= 0.6 is 23.5 Å². The first kappa shape index (κ1) is 17.1. The van der Waals surface area contributed by atoms with E-state index in [4.69, 9.17) is 5.84 Å². The van der Waals surface area contributed by atoms with Crippen LogP contribution in [0.3, 0.4) is 0 Å². The Bertz CT molecular complexity index is 423. The zero-order valence-electron chi connectivity index (χ0n) is 13.2. The number of hydrogen-bond acceptors (Lipinski definition) is 6. The molecule has 3 atom stereocenters. The molecule has 0 aromatic carbocycles. The first-order chi connectivity index (χ1) is 10.2. The van der Waals surface area contributed by atoms with Crippen LogP contribution in [0.15, 0.2) is 6.33 Å². The molecule has 0 amide bonds. The molecule has 1 aromatic heterocycles. The van der Waals surface area contributed by atoms with Gasteiger partial charge in [-0.2, -0.15) is 28.6 Å². The minimum atomic E-state index is 0.253. The molecule has 0 aliphatic carbocycles. The van der Waals surface area contributed by atoms with Crippen molar-refractivity contribution in [1.29, 1.82) is 0 Å². The van der Waals surface area contributed by atoms with E-state index in [1.807, 2.05) is 16.4 Å². The van der Waals surface area contributed by atoms with E-state index < -0.39 is 0 Å². The molecule has 2 rings (SSSR count). The van der Waals surface area contributed by atoms with Crippen molar-refractivity contribution in [3.63, 3.8) is 0 Å². The third-order valence-electron chi connectivity index (χ3n) is 3.74. The molecule has 1 aliphatic heterocycles. The second-order valence-electron chi connectivity index (χ2n) is 5.88. The largest absolute Gasteiger partial charge is 0.271 e. The first-order valence-electron chi connectivity index (χ1n) is 7.71. The predicted molar refractivity (Wildman–Crippen MR) is 92.5 cm³/mol. The van der Waals surface area contributed by atoms with Gasteiger partial charge in [-0.1, -0.05) is 20.8 Å². The fourth-order valence-corrected chi connectivity index (χ4v) is 5.97. The Kier molecular flexibility index (Phi) is 6.85. The van der Waals surface area contributed by atoms with Crippen molar-refractivity contribution < 1.29 is 0 Å². The number of nitrogens with one attached hydrogen (secondary N) is 1. The normalized spacial score (nSPS) is 24.4. The summed E-state index contributed by atoms with van der Waals surface area (Å²) in [7, 11) is 0. The molecule has 0 radical (unpaired) electrons. The third-order valence-corrected chi connectivity index (χ3v) is 7.15. The number of rotatable bonds is 7. The van der Waals surface area contributed by atoms with Crippen molar-refractivity contribution in [2.24, 2.45) is 11.8 Å². The van der Waals surface area contributed by atoms with Crippen LogP contribution in [0, 0.1) is 5.92 Å². The van der Waals surface area contributed by atoms with Gasteiger partial charge in [0.2, 0.25) is 0 Å². The van der Waals surface area contributed by atoms with E-state index >= 15 is 0 Å². The summed E-state index contributed by atoms with van der Waals surface area (Å²) in [5.41, 5.74) is 3.04. The molecule has 1 fully saturated rings. The minimum Gasteiger partial charge on any atom is -0.271 e. The third kappa shape index (κ3) is 4.61. The molecular formula is C14H27N5S2. The van der Waals surface area contributed by atoms with Gasteiger partial charge in [0, 0.05) is 41.0 Å². The molecule has 5 nitrogen and oxygen atoms in total. The van der Waals surface area contributed by atoms with Crippen LogP contribution in [-0.4, -0.2) is 42.8 Å². The molecule has 1 saturated heterocycles. The highest BCUT2D eigenvalue weighted by Crippen LogP contribution is 2.35. The lowest BCUT2D eigenvalue weighted by Gasteiger charge is -2.35. The average molecular weight is 330 g/mol. The fraction of sp³-hybridized carbons (Fsp3) is 0.857. The quantitative estimate of drug-likeness (QED) is 0.588. The lowest BCUT2D eigenvalue weighted by molar-refractivity contribution is 0.433. The van der Waals surface area contributed by atoms with Crippen LogP contribution in [0.4, 0.5) is 0 Å². The van der Waals surface area contributed by atoms with E-state index in [0.29, 0.717) is 16.4 Å². The second-order valence-corrected chi connectivity index (χ2v) is 8.52. The monoisotopic (exact) mass is 329 g/mol. The molecule has 3 unspecified atom stereocenters. The lowest BCUT2D eigenvalue weighted by Crippen LogP contribution is -2.49. The number of nitrogens with two attached hydrogens (primary N) is 1. The maximum absolute atomic E-state index is 5.86. The van der Waals surface area contributed by atoms with Crippen LogP contribution in [0.1, 0.15) is 33.0 Å². The van der Waals surface area contributed by atoms with Crippen LogP contribution in [0.25, 0.3) is 0 Å². The second kappa shape index (κ2) is 8.41. The fourth-order valence-electron chi connectivity index (χ4n) is 2.72. The van der Waals surface area contributed by atoms with E-state index in [1.54, 1.807) is 6.33 Å². The van der Waals surface area contributed by atoms with Crippen molar-refractivity contribution in [1.82, 2.24) is 20.2 Å². The number of nitrogens with zero attached hydrogens (tertiary/aromatic N) is 3. The Labute approximate surface area is 136 Å². The average Bonchev–Trinajstić information content (AvgIpc) is 2.91. The molecule has 0 bridgehead atoms. The number of hydrogen-bond donors (Lipinski definition) is 2. The molecule has 0 spiro atoms. The maximum Gasteiger partial charge on any atom is 0.138 e. The highest BCUT2D eigenvalue weighted by Gasteiger charge is 2.32. The Balaban J connectivity index is 2.06. The summed E-state index contributed by atoms with van der Waals surface area (Å²) in [6, 6.07) is 0.253. The number of thioether (sulfide) groups is 2. The van der Waals surface area contributed by atoms with Gasteiger partial charge in [0.1, 0.15) is 12.2 Å². The topological polar surface area (TPSA) is 68.8 Å². The molecule has 1 aliphatic rings. The van der Waals surface area contributed by atoms with E-state index in [-0.39, 0.29) is 6.04 Å². The van der Waals surface area contributed by atoms with Gasteiger partial charge in [0.15, 0.2) is 0 Å². The first-order valence-corrected chi connectivity index (χ1v) is 9.81. The van der Waals surface area contributed by atoms with Gasteiger partial charge in [0.05, 0.1) is 0 Å². The summed E-state index contributed by atoms with van der Waals surface area (Å²) in [5, 5.41) is 5.57. The van der Waals surface area contributed by atoms with Gasteiger partial charge >= 0.3 is 0 Å². The minimum absolute atomic E-state index is 0.253. The highest BCUT2D eigenvalue weighted by molar-refractivity contribution is 8.07. The van der Waals surface area contributed by atoms with Gasteiger partial charge in [-0.25, -0.2) is 9.67 Å². The van der Waals surface area contributed by atoms with E-state index in [1.165, 1.54) is 17.9 Å². The molecule has 1 aromatic rings. The van der Waals surface area contributed by atoms with Gasteiger partial charge in [-0.05, 0) is 12.3 Å². The molecule has 3 N–H and O–H groups in total. The van der Waals surface area contributed by atoms with Crippen molar-refractivity contribution in [3.05, 3.63) is 12.2 Å². The molecule has 120 valence electrons. The summed E-state index contributed by atoms with van der Waals surface area (Å²) in [6.45, 7) is 7.58. The molecular weight excluding hydrogens is 302 g/mol. The summed E-state index contributed by atoms with van der Waals surface area (Å²) in [6.07, 6.45) is 3.70. The number of hydrazine groups is 1. The van der Waals surface area contributed by atoms with E-state index in [0.717, 1.165) is 18.8 Å². The molecule has 21 heavy (non-hydrogen) atoms. The Morgan fingerprint density at radius 1 is 1.43 bits per heavy atom. The van der Waals surface area contributed by atoms with Crippen LogP contribution < -0.4 is 11.3 Å². The van der Waals surface area contributed by atoms with Gasteiger partial charge in [-0.3, -0.25) is 11.3 Å². The summed E-state index contributed by atoms with van der Waals surface area (Å²) in [4.78, 5) is 4.44. The zero-order chi connectivity index (χ0) is 15.2. The van der Waals surface area contributed by atoms with Gasteiger partial charge < -0.3 is 0 Å². The standard InChI is InChI=1S/C14H27N5S2/c1-4-12-14(21-6-5-20-12)11(18-15)7-13-16-9-17-19(13)8-10(2)3/h9-12,14,18H,4-8,15H2,1-3H3. The summed E-state index contributed by atoms with van der Waals surface area (Å²) in [5.74, 6) is 9.93. The molecule has 0 saturated carbocycles. The van der Waals surface area contributed by atoms with Crippen LogP contribution in [0.5, 0.6) is 0 Å². The van der Waals surface area contributed by atoms with Gasteiger partial charge in [-0.15, -0.1) is 0 Å². The predicted octanol–water partition coefficient (Wildman–Crippen LogP) is 1.94. The Hall–Kier alpha value is -0.240. The zero-order valence-corrected chi connectivity index (χ0v) is 14.8. The van der Waals surface area contributed by atoms with Crippen LogP contribution in [0.2, 0.25) is 0 Å². The van der Waals surface area contributed by atoms with Crippen molar-refractivity contribution in [2.45, 2.75) is 56.7 Å².